The first-order valence-corrected chi connectivity index (χ1v) is 5.50. The molecule has 2 aromatic rings. The summed E-state index contributed by atoms with van der Waals surface area (Å²) in [6, 6.07) is 8.26. The van der Waals surface area contributed by atoms with E-state index in [4.69, 9.17) is 16.3 Å². The molecule has 7 nitrogen and oxygen atoms in total. The van der Waals surface area contributed by atoms with E-state index in [0.29, 0.717) is 23.0 Å². The first kappa shape index (κ1) is 12.8. The lowest BCUT2D eigenvalue weighted by molar-refractivity contribution is 0.100. The standard InChI is InChI=1S/C12H13N5O2/c13-11(18)8-1-3-10(4-2-8)19-7-9-5-6-15-12(16-9)17-14/h1-6H,7,14H2,(H2,13,18)(H,15,16,17). The summed E-state index contributed by atoms with van der Waals surface area (Å²) >= 11 is 0. The van der Waals surface area contributed by atoms with Gasteiger partial charge in [-0.1, -0.05) is 0 Å². The molecule has 0 atom stereocenters. The molecule has 1 aromatic carbocycles. The lowest BCUT2D eigenvalue weighted by Crippen LogP contribution is -2.12. The Bertz CT molecular complexity index is 571. The van der Waals surface area contributed by atoms with Gasteiger partial charge in [-0.3, -0.25) is 10.2 Å². The fourth-order valence-corrected chi connectivity index (χ4v) is 1.42. The number of ether oxygens (including phenoxy) is 1. The van der Waals surface area contributed by atoms with Gasteiger partial charge in [-0.15, -0.1) is 0 Å². The zero-order valence-electron chi connectivity index (χ0n) is 10.0. The van der Waals surface area contributed by atoms with Crippen molar-refractivity contribution in [1.82, 2.24) is 9.97 Å². The van der Waals surface area contributed by atoms with Crippen LogP contribution < -0.4 is 21.7 Å². The fourth-order valence-electron chi connectivity index (χ4n) is 1.42. The number of benzene rings is 1. The van der Waals surface area contributed by atoms with E-state index in [1.807, 2.05) is 0 Å². The van der Waals surface area contributed by atoms with Crippen LogP contribution in [0.3, 0.4) is 0 Å². The summed E-state index contributed by atoms with van der Waals surface area (Å²) in [4.78, 5) is 18.9. The van der Waals surface area contributed by atoms with Crippen LogP contribution in [0, 0.1) is 0 Å². The normalized spacial score (nSPS) is 9.95. The minimum atomic E-state index is -0.471. The lowest BCUT2D eigenvalue weighted by atomic mass is 10.2. The SMILES string of the molecule is NNc1nccc(COc2ccc(C(N)=O)cc2)n1. The quantitative estimate of drug-likeness (QED) is 0.530. The summed E-state index contributed by atoms with van der Waals surface area (Å²) in [5.74, 6) is 5.68. The predicted molar refractivity (Wildman–Crippen MR) is 69.1 cm³/mol. The number of carbonyl (C=O) groups is 1. The Hall–Kier alpha value is -2.67. The highest BCUT2D eigenvalue weighted by molar-refractivity contribution is 5.92. The van der Waals surface area contributed by atoms with E-state index in [0.717, 1.165) is 0 Å². The van der Waals surface area contributed by atoms with Crippen molar-refractivity contribution in [3.63, 3.8) is 0 Å². The van der Waals surface area contributed by atoms with Crippen molar-refractivity contribution in [3.05, 3.63) is 47.8 Å². The highest BCUT2D eigenvalue weighted by Crippen LogP contribution is 2.13. The second kappa shape index (κ2) is 5.78. The van der Waals surface area contributed by atoms with Gasteiger partial charge in [0.25, 0.3) is 0 Å². The van der Waals surface area contributed by atoms with Crippen molar-refractivity contribution in [2.75, 3.05) is 5.43 Å². The number of nitrogens with zero attached hydrogens (tertiary/aromatic N) is 2. The number of rotatable bonds is 5. The van der Waals surface area contributed by atoms with E-state index in [2.05, 4.69) is 15.4 Å². The Morgan fingerprint density at radius 2 is 2.00 bits per heavy atom. The predicted octanol–water partition coefficient (Wildman–Crippen LogP) is 0.440. The molecule has 0 radical (unpaired) electrons. The van der Waals surface area contributed by atoms with E-state index in [-0.39, 0.29) is 6.61 Å². The molecule has 0 bridgehead atoms. The summed E-state index contributed by atoms with van der Waals surface area (Å²) in [7, 11) is 0. The van der Waals surface area contributed by atoms with Crippen LogP contribution in [0.15, 0.2) is 36.5 Å². The molecule has 1 aromatic heterocycles. The summed E-state index contributed by atoms with van der Waals surface area (Å²) in [6.45, 7) is 0.271. The molecule has 0 saturated carbocycles. The van der Waals surface area contributed by atoms with Crippen LogP contribution in [-0.4, -0.2) is 15.9 Å². The van der Waals surface area contributed by atoms with E-state index in [1.165, 1.54) is 0 Å². The van der Waals surface area contributed by atoms with Crippen molar-refractivity contribution in [2.24, 2.45) is 11.6 Å². The molecule has 0 spiro atoms. The fraction of sp³-hybridized carbons (Fsp3) is 0.0833. The van der Waals surface area contributed by atoms with Crippen molar-refractivity contribution < 1.29 is 9.53 Å². The number of primary amides is 1. The molecule has 0 aliphatic rings. The number of hydrogen-bond acceptors (Lipinski definition) is 6. The maximum Gasteiger partial charge on any atom is 0.248 e. The van der Waals surface area contributed by atoms with Crippen LogP contribution in [0.1, 0.15) is 16.1 Å². The maximum absolute atomic E-state index is 10.9. The third-order valence-corrected chi connectivity index (χ3v) is 2.37. The Kier molecular flexibility index (Phi) is 3.89. The van der Waals surface area contributed by atoms with Crippen LogP contribution in [0.5, 0.6) is 5.75 Å². The molecule has 98 valence electrons. The van der Waals surface area contributed by atoms with Crippen LogP contribution >= 0.6 is 0 Å². The van der Waals surface area contributed by atoms with Gasteiger partial charge in [0.05, 0.1) is 5.69 Å². The number of hydrogen-bond donors (Lipinski definition) is 3. The van der Waals surface area contributed by atoms with Gasteiger partial charge in [0.2, 0.25) is 11.9 Å². The third kappa shape index (κ3) is 3.39. The number of nitrogen functional groups attached to an aromatic ring is 1. The minimum Gasteiger partial charge on any atom is -0.487 e. The number of amides is 1. The molecule has 5 N–H and O–H groups in total. The van der Waals surface area contributed by atoms with Gasteiger partial charge in [0.1, 0.15) is 12.4 Å². The second-order valence-electron chi connectivity index (χ2n) is 3.69. The maximum atomic E-state index is 10.9. The minimum absolute atomic E-state index is 0.271. The molecule has 1 heterocycles. The van der Waals surface area contributed by atoms with Gasteiger partial charge >= 0.3 is 0 Å². The van der Waals surface area contributed by atoms with Gasteiger partial charge in [-0.25, -0.2) is 15.8 Å². The molecule has 0 aliphatic carbocycles. The van der Waals surface area contributed by atoms with Gasteiger partial charge in [0, 0.05) is 11.8 Å². The van der Waals surface area contributed by atoms with Gasteiger partial charge in [-0.2, -0.15) is 0 Å². The molecule has 0 unspecified atom stereocenters. The summed E-state index contributed by atoms with van der Waals surface area (Å²) in [6.07, 6.45) is 1.58. The van der Waals surface area contributed by atoms with E-state index in [1.54, 1.807) is 36.5 Å². The van der Waals surface area contributed by atoms with Gasteiger partial charge in [0.15, 0.2) is 0 Å². The van der Waals surface area contributed by atoms with Crippen molar-refractivity contribution >= 4 is 11.9 Å². The average molecular weight is 259 g/mol. The van der Waals surface area contributed by atoms with Crippen molar-refractivity contribution in [3.8, 4) is 5.75 Å². The molecule has 0 fully saturated rings. The zero-order chi connectivity index (χ0) is 13.7. The molecular formula is C12H13N5O2. The summed E-state index contributed by atoms with van der Waals surface area (Å²) in [5.41, 5.74) is 8.62. The smallest absolute Gasteiger partial charge is 0.248 e. The Morgan fingerprint density at radius 1 is 1.26 bits per heavy atom. The van der Waals surface area contributed by atoms with Crippen LogP contribution in [-0.2, 0) is 6.61 Å². The zero-order valence-corrected chi connectivity index (χ0v) is 10.0. The second-order valence-corrected chi connectivity index (χ2v) is 3.69. The number of carbonyl (C=O) groups excluding carboxylic acids is 1. The first-order valence-electron chi connectivity index (χ1n) is 5.50. The summed E-state index contributed by atoms with van der Waals surface area (Å²) < 4.78 is 5.52. The largest absolute Gasteiger partial charge is 0.487 e. The molecule has 1 amide bonds. The Labute approximate surface area is 109 Å². The molecule has 7 heteroatoms. The van der Waals surface area contributed by atoms with Gasteiger partial charge in [-0.05, 0) is 30.3 Å². The van der Waals surface area contributed by atoms with E-state index < -0.39 is 5.91 Å². The molecule has 0 saturated heterocycles. The topological polar surface area (TPSA) is 116 Å². The van der Waals surface area contributed by atoms with Crippen LogP contribution in [0.4, 0.5) is 5.95 Å². The third-order valence-electron chi connectivity index (χ3n) is 2.37. The molecular weight excluding hydrogens is 246 g/mol. The average Bonchev–Trinajstić information content (AvgIpc) is 2.46. The summed E-state index contributed by atoms with van der Waals surface area (Å²) in [5, 5.41) is 0. The Balaban J connectivity index is 1.99. The Morgan fingerprint density at radius 3 is 2.63 bits per heavy atom. The van der Waals surface area contributed by atoms with Crippen molar-refractivity contribution in [2.45, 2.75) is 6.61 Å². The monoisotopic (exact) mass is 259 g/mol. The van der Waals surface area contributed by atoms with Crippen LogP contribution in [0.25, 0.3) is 0 Å². The molecule has 19 heavy (non-hydrogen) atoms. The number of nitrogens with two attached hydrogens (primary N) is 2. The van der Waals surface area contributed by atoms with Crippen molar-refractivity contribution in [1.29, 1.82) is 0 Å². The number of hydrazine groups is 1. The highest BCUT2D eigenvalue weighted by atomic mass is 16.5. The number of nitrogens with one attached hydrogen (secondary N) is 1. The van der Waals surface area contributed by atoms with E-state index >= 15 is 0 Å². The lowest BCUT2D eigenvalue weighted by Gasteiger charge is -2.06. The first-order chi connectivity index (χ1) is 9.19. The van der Waals surface area contributed by atoms with E-state index in [9.17, 15) is 4.79 Å². The van der Waals surface area contributed by atoms with Gasteiger partial charge < -0.3 is 10.5 Å². The van der Waals surface area contributed by atoms with Crippen LogP contribution in [0.2, 0.25) is 0 Å². The number of anilines is 1. The number of aromatic nitrogens is 2. The molecule has 0 aliphatic heterocycles. The highest BCUT2D eigenvalue weighted by Gasteiger charge is 2.02. The molecule has 2 rings (SSSR count).